The van der Waals surface area contributed by atoms with Crippen LogP contribution in [0.4, 0.5) is 0 Å². The van der Waals surface area contributed by atoms with Gasteiger partial charge in [-0.25, -0.2) is 0 Å². The summed E-state index contributed by atoms with van der Waals surface area (Å²) >= 11 is 0. The van der Waals surface area contributed by atoms with Crippen LogP contribution in [0.15, 0.2) is 30.3 Å². The van der Waals surface area contributed by atoms with E-state index in [0.29, 0.717) is 13.2 Å². The number of rotatable bonds is 3. The molecule has 0 amide bonds. The standard InChI is InChI=1S/C17H22O4/c1-19-16(18)15(13-6-3-2-4-7-13)14-8-5-9-17(12-14)20-10-11-21-17/h2-4,6-7,14-15H,5,8-12H2,1H3/t14-,15+/m1/s1. The molecule has 0 aromatic heterocycles. The lowest BCUT2D eigenvalue weighted by Gasteiger charge is -2.38. The summed E-state index contributed by atoms with van der Waals surface area (Å²) in [4.78, 5) is 12.3. The van der Waals surface area contributed by atoms with E-state index in [4.69, 9.17) is 14.2 Å². The molecule has 3 rings (SSSR count). The highest BCUT2D eigenvalue weighted by Crippen LogP contribution is 2.44. The molecule has 1 heterocycles. The lowest BCUT2D eigenvalue weighted by atomic mass is 9.74. The lowest BCUT2D eigenvalue weighted by molar-refractivity contribution is -0.190. The Morgan fingerprint density at radius 2 is 2.00 bits per heavy atom. The number of carbonyl (C=O) groups excluding carboxylic acids is 1. The van der Waals surface area contributed by atoms with Gasteiger partial charge in [0.05, 0.1) is 26.2 Å². The van der Waals surface area contributed by atoms with E-state index in [1.807, 2.05) is 30.3 Å². The molecule has 21 heavy (non-hydrogen) atoms. The lowest BCUT2D eigenvalue weighted by Crippen LogP contribution is -2.39. The highest BCUT2D eigenvalue weighted by Gasteiger charge is 2.45. The Balaban J connectivity index is 1.84. The van der Waals surface area contributed by atoms with Crippen LogP contribution >= 0.6 is 0 Å². The second kappa shape index (κ2) is 6.16. The molecular weight excluding hydrogens is 268 g/mol. The Labute approximate surface area is 125 Å². The quantitative estimate of drug-likeness (QED) is 0.803. The highest BCUT2D eigenvalue weighted by atomic mass is 16.7. The number of hydrogen-bond acceptors (Lipinski definition) is 4. The van der Waals surface area contributed by atoms with Crippen molar-refractivity contribution in [1.29, 1.82) is 0 Å². The average molecular weight is 290 g/mol. The molecule has 0 radical (unpaired) electrons. The normalized spacial score (nSPS) is 25.7. The van der Waals surface area contributed by atoms with Gasteiger partial charge >= 0.3 is 5.97 Å². The van der Waals surface area contributed by atoms with E-state index in [-0.39, 0.29) is 17.8 Å². The van der Waals surface area contributed by atoms with Gasteiger partial charge in [-0.2, -0.15) is 0 Å². The number of ether oxygens (including phenoxy) is 3. The summed E-state index contributed by atoms with van der Waals surface area (Å²) in [5.74, 6) is -0.668. The molecule has 1 aliphatic heterocycles. The van der Waals surface area contributed by atoms with E-state index < -0.39 is 5.79 Å². The van der Waals surface area contributed by atoms with Crippen LogP contribution in [0.25, 0.3) is 0 Å². The van der Waals surface area contributed by atoms with E-state index in [9.17, 15) is 4.79 Å². The first-order valence-electron chi connectivity index (χ1n) is 7.65. The molecule has 1 saturated carbocycles. The minimum atomic E-state index is -0.468. The number of carbonyl (C=O) groups is 1. The predicted molar refractivity (Wildman–Crippen MR) is 77.8 cm³/mol. The highest BCUT2D eigenvalue weighted by molar-refractivity contribution is 5.78. The maximum atomic E-state index is 12.3. The third-order valence-corrected chi connectivity index (χ3v) is 4.60. The fourth-order valence-electron chi connectivity index (χ4n) is 3.67. The fraction of sp³-hybridized carbons (Fsp3) is 0.588. The van der Waals surface area contributed by atoms with Crippen molar-refractivity contribution in [2.24, 2.45) is 5.92 Å². The van der Waals surface area contributed by atoms with Gasteiger partial charge in [-0.05, 0) is 24.3 Å². The van der Waals surface area contributed by atoms with Gasteiger partial charge < -0.3 is 14.2 Å². The maximum absolute atomic E-state index is 12.3. The first-order chi connectivity index (χ1) is 10.2. The van der Waals surface area contributed by atoms with Gasteiger partial charge in [0.2, 0.25) is 0 Å². The number of hydrogen-bond donors (Lipinski definition) is 0. The number of esters is 1. The fourth-order valence-corrected chi connectivity index (χ4v) is 3.67. The first-order valence-corrected chi connectivity index (χ1v) is 7.65. The monoisotopic (exact) mass is 290 g/mol. The molecule has 0 unspecified atom stereocenters. The summed E-state index contributed by atoms with van der Waals surface area (Å²) in [5.41, 5.74) is 1.02. The molecule has 1 spiro atoms. The topological polar surface area (TPSA) is 44.8 Å². The predicted octanol–water partition coefficient (Wildman–Crippen LogP) is 2.88. The van der Waals surface area contributed by atoms with Crippen LogP contribution in [-0.4, -0.2) is 32.1 Å². The zero-order valence-electron chi connectivity index (χ0n) is 12.4. The second-order valence-corrected chi connectivity index (χ2v) is 5.88. The molecule has 2 aliphatic rings. The van der Waals surface area contributed by atoms with Crippen LogP contribution in [0.3, 0.4) is 0 Å². The molecule has 114 valence electrons. The Morgan fingerprint density at radius 1 is 1.29 bits per heavy atom. The second-order valence-electron chi connectivity index (χ2n) is 5.88. The van der Waals surface area contributed by atoms with Crippen LogP contribution in [0.1, 0.15) is 37.2 Å². The maximum Gasteiger partial charge on any atom is 0.313 e. The summed E-state index contributed by atoms with van der Waals surface area (Å²) in [6.07, 6.45) is 3.71. The minimum absolute atomic E-state index is 0.166. The van der Waals surface area contributed by atoms with Gasteiger partial charge in [0.1, 0.15) is 0 Å². The molecule has 1 aromatic carbocycles. The van der Waals surface area contributed by atoms with Crippen LogP contribution in [0.2, 0.25) is 0 Å². The molecule has 4 heteroatoms. The zero-order chi connectivity index (χ0) is 14.7. The van der Waals surface area contributed by atoms with Gasteiger partial charge in [-0.3, -0.25) is 4.79 Å². The van der Waals surface area contributed by atoms with Crippen LogP contribution < -0.4 is 0 Å². The van der Waals surface area contributed by atoms with Crippen LogP contribution in [-0.2, 0) is 19.0 Å². The molecule has 2 fully saturated rings. The zero-order valence-corrected chi connectivity index (χ0v) is 12.4. The van der Waals surface area contributed by atoms with Crippen molar-refractivity contribution in [3.8, 4) is 0 Å². The van der Waals surface area contributed by atoms with Gasteiger partial charge in [0, 0.05) is 12.8 Å². The van der Waals surface area contributed by atoms with Crippen molar-refractivity contribution >= 4 is 5.97 Å². The van der Waals surface area contributed by atoms with Crippen molar-refractivity contribution in [2.75, 3.05) is 20.3 Å². The van der Waals surface area contributed by atoms with Gasteiger partial charge in [-0.15, -0.1) is 0 Å². The Bertz CT molecular complexity index is 479. The Kier molecular flexibility index (Phi) is 4.27. The van der Waals surface area contributed by atoms with Gasteiger partial charge in [0.25, 0.3) is 0 Å². The van der Waals surface area contributed by atoms with Crippen LogP contribution in [0.5, 0.6) is 0 Å². The van der Waals surface area contributed by atoms with E-state index in [2.05, 4.69) is 0 Å². The smallest absolute Gasteiger partial charge is 0.313 e. The largest absolute Gasteiger partial charge is 0.469 e. The van der Waals surface area contributed by atoms with Gasteiger partial charge in [-0.1, -0.05) is 30.3 Å². The Morgan fingerprint density at radius 3 is 2.67 bits per heavy atom. The molecular formula is C17H22O4. The van der Waals surface area contributed by atoms with Crippen molar-refractivity contribution < 1.29 is 19.0 Å². The van der Waals surface area contributed by atoms with E-state index >= 15 is 0 Å². The van der Waals surface area contributed by atoms with Crippen molar-refractivity contribution in [1.82, 2.24) is 0 Å². The van der Waals surface area contributed by atoms with E-state index in [0.717, 1.165) is 31.2 Å². The van der Waals surface area contributed by atoms with Crippen LogP contribution in [0, 0.1) is 5.92 Å². The third kappa shape index (κ3) is 2.97. The van der Waals surface area contributed by atoms with E-state index in [1.165, 1.54) is 7.11 Å². The van der Waals surface area contributed by atoms with E-state index in [1.54, 1.807) is 0 Å². The summed E-state index contributed by atoms with van der Waals surface area (Å²) in [5, 5.41) is 0. The molecule has 0 bridgehead atoms. The first kappa shape index (κ1) is 14.5. The summed E-state index contributed by atoms with van der Waals surface area (Å²) in [6, 6.07) is 9.89. The summed E-state index contributed by atoms with van der Waals surface area (Å²) in [6.45, 7) is 1.31. The van der Waals surface area contributed by atoms with Crippen molar-refractivity contribution in [3.63, 3.8) is 0 Å². The molecule has 2 atom stereocenters. The molecule has 1 aliphatic carbocycles. The summed E-state index contributed by atoms with van der Waals surface area (Å²) in [7, 11) is 1.46. The van der Waals surface area contributed by atoms with Gasteiger partial charge in [0.15, 0.2) is 5.79 Å². The average Bonchev–Trinajstić information content (AvgIpc) is 2.96. The molecule has 1 aromatic rings. The van der Waals surface area contributed by atoms with Crippen molar-refractivity contribution in [3.05, 3.63) is 35.9 Å². The summed E-state index contributed by atoms with van der Waals surface area (Å²) < 4.78 is 16.7. The number of benzene rings is 1. The molecule has 1 saturated heterocycles. The third-order valence-electron chi connectivity index (χ3n) is 4.60. The van der Waals surface area contributed by atoms with Crippen molar-refractivity contribution in [2.45, 2.75) is 37.4 Å². The SMILES string of the molecule is COC(=O)[C@@H](c1ccccc1)[C@@H]1CCCC2(C1)OCCO2. The number of methoxy groups -OCH3 is 1. The molecule has 4 nitrogen and oxygen atoms in total. The molecule has 0 N–H and O–H groups in total. The Hall–Kier alpha value is -1.39. The minimum Gasteiger partial charge on any atom is -0.469 e.